The molecule has 1 aliphatic rings. The molecule has 2 aromatic carbocycles. The highest BCUT2D eigenvalue weighted by molar-refractivity contribution is 7.17. The lowest BCUT2D eigenvalue weighted by molar-refractivity contribution is 0.0750. The van der Waals surface area contributed by atoms with E-state index in [0.717, 1.165) is 35.3 Å². The molecule has 29 heavy (non-hydrogen) atoms. The summed E-state index contributed by atoms with van der Waals surface area (Å²) in [5.41, 5.74) is 2.78. The van der Waals surface area contributed by atoms with Crippen molar-refractivity contribution in [3.05, 3.63) is 71.0 Å². The van der Waals surface area contributed by atoms with Crippen LogP contribution in [0.3, 0.4) is 0 Å². The van der Waals surface area contributed by atoms with Gasteiger partial charge in [0.2, 0.25) is 0 Å². The van der Waals surface area contributed by atoms with Crippen molar-refractivity contribution in [3.8, 4) is 0 Å². The van der Waals surface area contributed by atoms with Gasteiger partial charge in [-0.2, -0.15) is 0 Å². The number of piperazine rings is 1. The number of aryl methyl sites for hydroxylation is 1. The minimum atomic E-state index is -0.237. The maximum atomic E-state index is 13.1. The van der Waals surface area contributed by atoms with Gasteiger partial charge in [0.1, 0.15) is 10.7 Å². The molecule has 0 bridgehead atoms. The molecule has 0 unspecified atom stereocenters. The predicted molar refractivity (Wildman–Crippen MR) is 116 cm³/mol. The van der Waals surface area contributed by atoms with E-state index in [1.807, 2.05) is 54.1 Å². The Kier molecular flexibility index (Phi) is 5.49. The van der Waals surface area contributed by atoms with Gasteiger partial charge in [-0.05, 0) is 43.3 Å². The molecule has 0 radical (unpaired) electrons. The Bertz CT molecular complexity index is 982. The zero-order valence-corrected chi connectivity index (χ0v) is 17.3. The number of nitrogens with zero attached hydrogens (tertiary/aromatic N) is 4. The molecule has 7 heteroatoms. The fourth-order valence-electron chi connectivity index (χ4n) is 3.45. The zero-order valence-electron chi connectivity index (χ0n) is 16.5. The largest absolute Gasteiger partial charge is 0.368 e. The Morgan fingerprint density at radius 3 is 2.34 bits per heavy atom. The Hall–Kier alpha value is -2.93. The molecule has 0 saturated carbocycles. The van der Waals surface area contributed by atoms with Gasteiger partial charge in [0.05, 0.1) is 5.69 Å². The fourth-order valence-corrected chi connectivity index (χ4v) is 4.47. The van der Waals surface area contributed by atoms with Gasteiger partial charge in [0.15, 0.2) is 5.13 Å². The van der Waals surface area contributed by atoms with Crippen LogP contribution in [0.25, 0.3) is 0 Å². The van der Waals surface area contributed by atoms with Crippen LogP contribution in [0.2, 0.25) is 0 Å². The molecule has 0 aliphatic carbocycles. The Labute approximate surface area is 174 Å². The summed E-state index contributed by atoms with van der Waals surface area (Å²) in [6, 6.07) is 16.5. The second kappa shape index (κ2) is 8.21. The van der Waals surface area contributed by atoms with Crippen LogP contribution in [-0.2, 0) is 0 Å². The first kappa shape index (κ1) is 19.4. The van der Waals surface area contributed by atoms with Crippen LogP contribution in [0, 0.1) is 12.7 Å². The van der Waals surface area contributed by atoms with E-state index in [2.05, 4.69) is 9.88 Å². The molecule has 150 valence electrons. The van der Waals surface area contributed by atoms with Crippen LogP contribution >= 0.6 is 11.3 Å². The normalized spacial score (nSPS) is 14.2. The third-order valence-corrected chi connectivity index (χ3v) is 6.39. The summed E-state index contributed by atoms with van der Waals surface area (Å²) in [5.74, 6) is -0.203. The molecule has 1 aliphatic heterocycles. The number of para-hydroxylation sites is 1. The van der Waals surface area contributed by atoms with Crippen LogP contribution in [0.15, 0.2) is 54.6 Å². The number of halogens is 1. The second-order valence-electron chi connectivity index (χ2n) is 7.06. The van der Waals surface area contributed by atoms with Gasteiger partial charge in [0, 0.05) is 44.6 Å². The Morgan fingerprint density at radius 1 is 1.03 bits per heavy atom. The van der Waals surface area contributed by atoms with Gasteiger partial charge in [0.25, 0.3) is 5.91 Å². The van der Waals surface area contributed by atoms with Crippen molar-refractivity contribution in [2.24, 2.45) is 0 Å². The van der Waals surface area contributed by atoms with Crippen LogP contribution < -0.4 is 9.80 Å². The Morgan fingerprint density at radius 2 is 1.69 bits per heavy atom. The number of rotatable bonds is 4. The molecule has 2 heterocycles. The van der Waals surface area contributed by atoms with E-state index in [0.29, 0.717) is 18.0 Å². The van der Waals surface area contributed by atoms with Crippen molar-refractivity contribution >= 4 is 33.8 Å². The third-order valence-electron chi connectivity index (χ3n) is 5.17. The van der Waals surface area contributed by atoms with Crippen LogP contribution in [-0.4, -0.2) is 49.0 Å². The summed E-state index contributed by atoms with van der Waals surface area (Å²) in [6.07, 6.45) is 0. The monoisotopic (exact) mass is 410 g/mol. The zero-order chi connectivity index (χ0) is 20.4. The molecule has 1 amide bonds. The number of hydrogen-bond donors (Lipinski definition) is 0. The maximum absolute atomic E-state index is 13.1. The number of anilines is 3. The first-order chi connectivity index (χ1) is 14.0. The fraction of sp³-hybridized carbons (Fsp3) is 0.273. The number of benzene rings is 2. The predicted octanol–water partition coefficient (Wildman–Crippen LogP) is 4.32. The van der Waals surface area contributed by atoms with Crippen molar-refractivity contribution < 1.29 is 9.18 Å². The number of aromatic nitrogens is 1. The Balaban J connectivity index is 1.44. The first-order valence-corrected chi connectivity index (χ1v) is 10.4. The summed E-state index contributed by atoms with van der Waals surface area (Å²) in [5, 5.41) is 0.807. The van der Waals surface area contributed by atoms with Crippen molar-refractivity contribution in [1.82, 2.24) is 9.88 Å². The van der Waals surface area contributed by atoms with Crippen molar-refractivity contribution in [2.75, 3.05) is 43.0 Å². The molecule has 0 atom stereocenters. The average molecular weight is 411 g/mol. The summed E-state index contributed by atoms with van der Waals surface area (Å²) in [4.78, 5) is 24.5. The molecule has 1 saturated heterocycles. The van der Waals surface area contributed by atoms with Crippen LogP contribution in [0.5, 0.6) is 0 Å². The SMILES string of the molecule is Cc1nc(N(C)c2ccccc2)sc1C(=O)N1CCN(c2ccc(F)cc2)CC1. The maximum Gasteiger partial charge on any atom is 0.266 e. The number of amides is 1. The topological polar surface area (TPSA) is 39.7 Å². The van der Waals surface area contributed by atoms with E-state index in [9.17, 15) is 9.18 Å². The van der Waals surface area contributed by atoms with Gasteiger partial charge in [-0.15, -0.1) is 0 Å². The van der Waals surface area contributed by atoms with Crippen molar-refractivity contribution in [2.45, 2.75) is 6.92 Å². The van der Waals surface area contributed by atoms with E-state index in [1.54, 1.807) is 12.1 Å². The number of hydrogen-bond acceptors (Lipinski definition) is 5. The van der Waals surface area contributed by atoms with E-state index in [4.69, 9.17) is 0 Å². The van der Waals surface area contributed by atoms with Crippen LogP contribution in [0.4, 0.5) is 20.9 Å². The summed E-state index contributed by atoms with van der Waals surface area (Å²) >= 11 is 1.43. The van der Waals surface area contributed by atoms with Gasteiger partial charge < -0.3 is 14.7 Å². The first-order valence-electron chi connectivity index (χ1n) is 9.59. The molecular weight excluding hydrogens is 387 g/mol. The molecule has 0 N–H and O–H groups in total. The van der Waals surface area contributed by atoms with Gasteiger partial charge in [-0.1, -0.05) is 29.5 Å². The lowest BCUT2D eigenvalue weighted by Gasteiger charge is -2.36. The van der Waals surface area contributed by atoms with E-state index < -0.39 is 0 Å². The highest BCUT2D eigenvalue weighted by Gasteiger charge is 2.26. The molecule has 1 aromatic heterocycles. The second-order valence-corrected chi connectivity index (χ2v) is 8.04. The van der Waals surface area contributed by atoms with E-state index in [-0.39, 0.29) is 11.7 Å². The molecule has 4 rings (SSSR count). The highest BCUT2D eigenvalue weighted by Crippen LogP contribution is 2.31. The van der Waals surface area contributed by atoms with Crippen molar-refractivity contribution in [1.29, 1.82) is 0 Å². The van der Waals surface area contributed by atoms with Gasteiger partial charge in [-0.3, -0.25) is 4.79 Å². The highest BCUT2D eigenvalue weighted by atomic mass is 32.1. The standard InChI is InChI=1S/C22H23FN4OS/c1-16-20(29-22(24-16)25(2)18-6-4-3-5-7-18)21(28)27-14-12-26(13-15-27)19-10-8-17(23)9-11-19/h3-11H,12-15H2,1-2H3. The average Bonchev–Trinajstić information content (AvgIpc) is 3.15. The molecule has 0 spiro atoms. The number of carbonyl (C=O) groups is 1. The summed E-state index contributed by atoms with van der Waals surface area (Å²) < 4.78 is 13.1. The summed E-state index contributed by atoms with van der Waals surface area (Å²) in [7, 11) is 1.96. The third kappa shape index (κ3) is 4.10. The molecule has 5 nitrogen and oxygen atoms in total. The number of carbonyl (C=O) groups excluding carboxylic acids is 1. The summed E-state index contributed by atoms with van der Waals surface area (Å²) in [6.45, 7) is 4.62. The lowest BCUT2D eigenvalue weighted by atomic mass is 10.2. The molecular formula is C22H23FN4OS. The van der Waals surface area contributed by atoms with Gasteiger partial charge in [-0.25, -0.2) is 9.37 Å². The van der Waals surface area contributed by atoms with E-state index >= 15 is 0 Å². The number of thiazole rings is 1. The lowest BCUT2D eigenvalue weighted by Crippen LogP contribution is -2.48. The van der Waals surface area contributed by atoms with Gasteiger partial charge >= 0.3 is 0 Å². The minimum absolute atomic E-state index is 0.0338. The quantitative estimate of drug-likeness (QED) is 0.642. The molecule has 3 aromatic rings. The molecule has 1 fully saturated rings. The van der Waals surface area contributed by atoms with E-state index in [1.165, 1.54) is 23.5 Å². The smallest absolute Gasteiger partial charge is 0.266 e. The minimum Gasteiger partial charge on any atom is -0.368 e. The van der Waals surface area contributed by atoms with Crippen LogP contribution in [0.1, 0.15) is 15.4 Å². The van der Waals surface area contributed by atoms with Crippen molar-refractivity contribution in [3.63, 3.8) is 0 Å².